The Bertz CT molecular complexity index is 690. The van der Waals surface area contributed by atoms with Crippen molar-refractivity contribution < 1.29 is 9.72 Å². The molecule has 0 aliphatic heterocycles. The third kappa shape index (κ3) is 5.87. The standard InChI is InChI=1S/C15H14N4O3S/c20-15(18-17-9-13-2-1-7-16-8-13)11-23-10-12-3-5-14(6-4-12)19(21)22/h1-9H,10-11H2,(H,18,20)/b17-9-. The van der Waals surface area contributed by atoms with Gasteiger partial charge in [0, 0.05) is 35.8 Å². The number of nitrogens with zero attached hydrogens (tertiary/aromatic N) is 3. The number of nitro benzene ring substituents is 1. The van der Waals surface area contributed by atoms with Crippen LogP contribution in [0.4, 0.5) is 5.69 Å². The number of hydrogen-bond acceptors (Lipinski definition) is 6. The van der Waals surface area contributed by atoms with E-state index in [0.29, 0.717) is 5.75 Å². The molecule has 1 N–H and O–H groups in total. The smallest absolute Gasteiger partial charge is 0.269 e. The average Bonchev–Trinajstić information content (AvgIpc) is 2.56. The molecule has 1 aromatic carbocycles. The summed E-state index contributed by atoms with van der Waals surface area (Å²) in [6.07, 6.45) is 4.82. The van der Waals surface area contributed by atoms with Gasteiger partial charge in [0.15, 0.2) is 0 Å². The Morgan fingerprint density at radius 2 is 2.13 bits per heavy atom. The van der Waals surface area contributed by atoms with Gasteiger partial charge in [-0.05, 0) is 11.6 Å². The summed E-state index contributed by atoms with van der Waals surface area (Å²) in [5, 5.41) is 14.4. The molecule has 2 aromatic rings. The molecule has 8 heteroatoms. The molecule has 1 amide bonds. The van der Waals surface area contributed by atoms with E-state index in [4.69, 9.17) is 0 Å². The van der Waals surface area contributed by atoms with Gasteiger partial charge in [-0.1, -0.05) is 18.2 Å². The van der Waals surface area contributed by atoms with E-state index in [1.54, 1.807) is 30.6 Å². The molecule has 0 saturated carbocycles. The fourth-order valence-electron chi connectivity index (χ4n) is 1.64. The van der Waals surface area contributed by atoms with Crippen LogP contribution in [0.3, 0.4) is 0 Å². The van der Waals surface area contributed by atoms with Crippen molar-refractivity contribution in [3.63, 3.8) is 0 Å². The SMILES string of the molecule is O=C(CSCc1ccc([N+](=O)[O-])cc1)N/N=C\c1cccnc1. The fraction of sp³-hybridized carbons (Fsp3) is 0.133. The summed E-state index contributed by atoms with van der Waals surface area (Å²) >= 11 is 1.41. The molecule has 23 heavy (non-hydrogen) atoms. The molecule has 0 spiro atoms. The first-order chi connectivity index (χ1) is 11.1. The van der Waals surface area contributed by atoms with Gasteiger partial charge in [-0.25, -0.2) is 5.43 Å². The van der Waals surface area contributed by atoms with E-state index >= 15 is 0 Å². The number of benzene rings is 1. The Balaban J connectivity index is 1.70. The van der Waals surface area contributed by atoms with Gasteiger partial charge >= 0.3 is 0 Å². The summed E-state index contributed by atoms with van der Waals surface area (Å²) in [5.74, 6) is 0.635. The van der Waals surface area contributed by atoms with Crippen LogP contribution in [-0.2, 0) is 10.5 Å². The lowest BCUT2D eigenvalue weighted by atomic mass is 10.2. The Morgan fingerprint density at radius 3 is 2.78 bits per heavy atom. The lowest BCUT2D eigenvalue weighted by Gasteiger charge is -2.01. The number of hydrogen-bond donors (Lipinski definition) is 1. The highest BCUT2D eigenvalue weighted by molar-refractivity contribution is 7.99. The third-order valence-electron chi connectivity index (χ3n) is 2.74. The van der Waals surface area contributed by atoms with Gasteiger partial charge < -0.3 is 0 Å². The molecule has 1 aromatic heterocycles. The van der Waals surface area contributed by atoms with Crippen LogP contribution in [0, 0.1) is 10.1 Å². The van der Waals surface area contributed by atoms with Crippen LogP contribution in [0.2, 0.25) is 0 Å². The largest absolute Gasteiger partial charge is 0.272 e. The summed E-state index contributed by atoms with van der Waals surface area (Å²) in [4.78, 5) is 25.7. The number of nitro groups is 1. The number of carbonyl (C=O) groups is 1. The van der Waals surface area contributed by atoms with Gasteiger partial charge in [-0.2, -0.15) is 5.10 Å². The zero-order valence-electron chi connectivity index (χ0n) is 12.1. The maximum absolute atomic E-state index is 11.6. The number of rotatable bonds is 7. The van der Waals surface area contributed by atoms with Gasteiger partial charge in [0.1, 0.15) is 0 Å². The van der Waals surface area contributed by atoms with Crippen LogP contribution in [0.1, 0.15) is 11.1 Å². The highest BCUT2D eigenvalue weighted by Crippen LogP contribution is 2.16. The monoisotopic (exact) mass is 330 g/mol. The number of hydrazone groups is 1. The first-order valence-electron chi connectivity index (χ1n) is 6.68. The summed E-state index contributed by atoms with van der Waals surface area (Å²) in [5.41, 5.74) is 4.21. The van der Waals surface area contributed by atoms with Gasteiger partial charge in [0.25, 0.3) is 5.69 Å². The fourth-order valence-corrected chi connectivity index (χ4v) is 2.42. The number of aromatic nitrogens is 1. The highest BCUT2D eigenvalue weighted by atomic mass is 32.2. The third-order valence-corrected chi connectivity index (χ3v) is 3.74. The van der Waals surface area contributed by atoms with E-state index in [1.807, 2.05) is 6.07 Å². The predicted octanol–water partition coefficient (Wildman–Crippen LogP) is 2.37. The van der Waals surface area contributed by atoms with E-state index in [1.165, 1.54) is 30.1 Å². The van der Waals surface area contributed by atoms with Gasteiger partial charge in [-0.15, -0.1) is 11.8 Å². The first kappa shape index (κ1) is 16.6. The molecule has 0 aliphatic rings. The number of non-ortho nitro benzene ring substituents is 1. The summed E-state index contributed by atoms with van der Waals surface area (Å²) < 4.78 is 0. The van der Waals surface area contributed by atoms with E-state index in [9.17, 15) is 14.9 Å². The molecule has 0 saturated heterocycles. The number of thioether (sulfide) groups is 1. The highest BCUT2D eigenvalue weighted by Gasteiger charge is 2.05. The normalized spacial score (nSPS) is 10.6. The molecule has 0 fully saturated rings. The molecule has 0 unspecified atom stereocenters. The van der Waals surface area contributed by atoms with E-state index in [2.05, 4.69) is 15.5 Å². The molecule has 0 radical (unpaired) electrons. The molecule has 0 aliphatic carbocycles. The number of pyridine rings is 1. The molecular weight excluding hydrogens is 316 g/mol. The molecular formula is C15H14N4O3S. The molecule has 0 atom stereocenters. The van der Waals surface area contributed by atoms with Crippen molar-refractivity contribution in [1.82, 2.24) is 10.4 Å². The van der Waals surface area contributed by atoms with E-state index in [-0.39, 0.29) is 17.3 Å². The zero-order chi connectivity index (χ0) is 16.5. The zero-order valence-corrected chi connectivity index (χ0v) is 12.9. The van der Waals surface area contributed by atoms with Crippen molar-refractivity contribution in [3.8, 4) is 0 Å². The average molecular weight is 330 g/mol. The summed E-state index contributed by atoms with van der Waals surface area (Å²) in [6, 6.07) is 9.88. The van der Waals surface area contributed by atoms with E-state index in [0.717, 1.165) is 11.1 Å². The van der Waals surface area contributed by atoms with Crippen LogP contribution in [-0.4, -0.2) is 27.8 Å². The molecule has 2 rings (SSSR count). The quantitative estimate of drug-likeness (QED) is 0.477. The molecule has 118 valence electrons. The second-order valence-corrected chi connectivity index (χ2v) is 5.48. The topological polar surface area (TPSA) is 97.5 Å². The Morgan fingerprint density at radius 1 is 1.35 bits per heavy atom. The van der Waals surface area contributed by atoms with Crippen molar-refractivity contribution in [2.24, 2.45) is 5.10 Å². The minimum atomic E-state index is -0.440. The number of nitrogens with one attached hydrogen (secondary N) is 1. The van der Waals surface area contributed by atoms with Crippen molar-refractivity contribution in [3.05, 3.63) is 70.0 Å². The van der Waals surface area contributed by atoms with Crippen LogP contribution < -0.4 is 5.43 Å². The van der Waals surface area contributed by atoms with Crippen LogP contribution >= 0.6 is 11.8 Å². The van der Waals surface area contributed by atoms with Crippen LogP contribution in [0.25, 0.3) is 0 Å². The Labute approximate surface area is 137 Å². The molecule has 7 nitrogen and oxygen atoms in total. The van der Waals surface area contributed by atoms with Gasteiger partial charge in [-0.3, -0.25) is 19.9 Å². The minimum Gasteiger partial charge on any atom is -0.272 e. The predicted molar refractivity (Wildman–Crippen MR) is 89.2 cm³/mol. The minimum absolute atomic E-state index is 0.0567. The Hall–Kier alpha value is -2.74. The molecule has 0 bridgehead atoms. The van der Waals surface area contributed by atoms with Gasteiger partial charge in [0.05, 0.1) is 16.9 Å². The van der Waals surface area contributed by atoms with Crippen molar-refractivity contribution in [1.29, 1.82) is 0 Å². The molecule has 1 heterocycles. The van der Waals surface area contributed by atoms with Crippen molar-refractivity contribution in [2.45, 2.75) is 5.75 Å². The van der Waals surface area contributed by atoms with Gasteiger partial charge in [0.2, 0.25) is 5.91 Å². The van der Waals surface area contributed by atoms with Crippen LogP contribution in [0.5, 0.6) is 0 Å². The summed E-state index contributed by atoms with van der Waals surface area (Å²) in [6.45, 7) is 0. The number of carbonyl (C=O) groups excluding carboxylic acids is 1. The second kappa shape index (κ2) is 8.64. The van der Waals surface area contributed by atoms with Crippen molar-refractivity contribution in [2.75, 3.05) is 5.75 Å². The maximum Gasteiger partial charge on any atom is 0.269 e. The summed E-state index contributed by atoms with van der Waals surface area (Å²) in [7, 11) is 0. The van der Waals surface area contributed by atoms with Crippen molar-refractivity contribution >= 4 is 29.6 Å². The first-order valence-corrected chi connectivity index (χ1v) is 7.83. The maximum atomic E-state index is 11.6. The van der Waals surface area contributed by atoms with E-state index < -0.39 is 4.92 Å². The lowest BCUT2D eigenvalue weighted by Crippen LogP contribution is -2.19. The second-order valence-electron chi connectivity index (χ2n) is 4.50. The van der Waals surface area contributed by atoms with Crippen LogP contribution in [0.15, 0.2) is 53.9 Å². The lowest BCUT2D eigenvalue weighted by molar-refractivity contribution is -0.384. The number of amides is 1. The Kier molecular flexibility index (Phi) is 6.25.